The van der Waals surface area contributed by atoms with Crippen molar-refractivity contribution in [3.8, 4) is 0 Å². The molecule has 7 nitrogen and oxygen atoms in total. The fourth-order valence-electron chi connectivity index (χ4n) is 3.49. The molecule has 2 amide bonds. The van der Waals surface area contributed by atoms with Crippen molar-refractivity contribution >= 4 is 23.4 Å². The average molecular weight is 428 g/mol. The van der Waals surface area contributed by atoms with Crippen molar-refractivity contribution in [1.82, 2.24) is 25.9 Å². The molecule has 30 heavy (non-hydrogen) atoms. The Hall–Kier alpha value is -2.51. The molecule has 0 radical (unpaired) electrons. The molecule has 0 spiro atoms. The molecule has 1 aliphatic carbocycles. The number of carbonyl (C=O) groups excluding carboxylic acids is 2. The summed E-state index contributed by atoms with van der Waals surface area (Å²) in [4.78, 5) is 33.2. The predicted octanol–water partition coefficient (Wildman–Crippen LogP) is 3.13. The second-order valence-corrected chi connectivity index (χ2v) is 8.71. The Labute approximate surface area is 181 Å². The molecule has 4 rings (SSSR count). The monoisotopic (exact) mass is 427 g/mol. The van der Waals surface area contributed by atoms with Gasteiger partial charge in [0, 0.05) is 59.4 Å². The van der Waals surface area contributed by atoms with E-state index in [0.717, 1.165) is 35.4 Å². The maximum atomic E-state index is 12.4. The third-order valence-corrected chi connectivity index (χ3v) is 5.81. The second kappa shape index (κ2) is 8.70. The van der Waals surface area contributed by atoms with Gasteiger partial charge in [-0.3, -0.25) is 14.9 Å². The van der Waals surface area contributed by atoms with Gasteiger partial charge in [0.1, 0.15) is 12.0 Å². The van der Waals surface area contributed by atoms with Gasteiger partial charge in [0.15, 0.2) is 0 Å². The molecular formula is C22H26ClN5O2. The van der Waals surface area contributed by atoms with E-state index in [1.807, 2.05) is 38.4 Å². The summed E-state index contributed by atoms with van der Waals surface area (Å²) in [6.07, 6.45) is 5.80. The first kappa shape index (κ1) is 20.8. The molecule has 158 valence electrons. The molecule has 1 saturated carbocycles. The van der Waals surface area contributed by atoms with Crippen molar-refractivity contribution in [1.29, 1.82) is 0 Å². The summed E-state index contributed by atoms with van der Waals surface area (Å²) >= 11 is 6.44. The highest BCUT2D eigenvalue weighted by molar-refractivity contribution is 6.31. The van der Waals surface area contributed by atoms with E-state index in [9.17, 15) is 9.59 Å². The lowest BCUT2D eigenvalue weighted by Crippen LogP contribution is -2.46. The van der Waals surface area contributed by atoms with Gasteiger partial charge in [-0.15, -0.1) is 0 Å². The molecule has 2 aromatic rings. The third-order valence-electron chi connectivity index (χ3n) is 5.46. The van der Waals surface area contributed by atoms with Gasteiger partial charge in [-0.05, 0) is 30.5 Å². The van der Waals surface area contributed by atoms with Crippen LogP contribution in [0.1, 0.15) is 73.8 Å². The van der Waals surface area contributed by atoms with Gasteiger partial charge in [0.2, 0.25) is 11.8 Å². The maximum absolute atomic E-state index is 12.4. The Morgan fingerprint density at radius 3 is 2.67 bits per heavy atom. The van der Waals surface area contributed by atoms with Gasteiger partial charge < -0.3 is 10.6 Å². The Balaban J connectivity index is 1.50. The lowest BCUT2D eigenvalue weighted by molar-refractivity contribution is -0.125. The van der Waals surface area contributed by atoms with Crippen LogP contribution >= 0.6 is 11.6 Å². The molecule has 2 heterocycles. The Kier molecular flexibility index (Phi) is 6.01. The first-order valence-corrected chi connectivity index (χ1v) is 10.7. The average Bonchev–Trinajstić information content (AvgIpc) is 3.58. The van der Waals surface area contributed by atoms with Crippen molar-refractivity contribution < 1.29 is 9.59 Å². The maximum Gasteiger partial charge on any atom is 0.223 e. The number of nitrogens with zero attached hydrogens (tertiary/aromatic N) is 2. The number of halogens is 1. The predicted molar refractivity (Wildman–Crippen MR) is 114 cm³/mol. The third kappa shape index (κ3) is 4.79. The molecule has 1 saturated heterocycles. The Morgan fingerprint density at radius 2 is 2.00 bits per heavy atom. The SMILES string of the molecule is CC(C)C(=O)NCc1ccc(Cl)c(C2NC(=O)CC(c3cnc(C4CC4)nc3)N2)c1. The van der Waals surface area contributed by atoms with Crippen LogP contribution < -0.4 is 16.0 Å². The number of hydrogen-bond donors (Lipinski definition) is 3. The molecule has 3 N–H and O–H groups in total. The molecule has 8 heteroatoms. The van der Waals surface area contributed by atoms with Crippen LogP contribution in [0.4, 0.5) is 0 Å². The van der Waals surface area contributed by atoms with Crippen molar-refractivity contribution in [2.45, 2.75) is 57.8 Å². The summed E-state index contributed by atoms with van der Waals surface area (Å²) in [7, 11) is 0. The standard InChI is InChI=1S/C22H26ClN5O2/c1-12(2)22(30)26-9-13-3-6-17(23)16(7-13)21-27-18(8-19(29)28-21)15-10-24-20(25-11-15)14-4-5-14/h3,6-7,10-12,14,18,21,27H,4-5,8-9H2,1-2H3,(H,26,30)(H,28,29). The van der Waals surface area contributed by atoms with E-state index in [1.165, 1.54) is 0 Å². The van der Waals surface area contributed by atoms with E-state index in [-0.39, 0.29) is 23.8 Å². The minimum atomic E-state index is -0.437. The molecular weight excluding hydrogens is 402 g/mol. The van der Waals surface area contributed by atoms with E-state index in [2.05, 4.69) is 25.9 Å². The van der Waals surface area contributed by atoms with Crippen LogP contribution in [0.3, 0.4) is 0 Å². The first-order valence-electron chi connectivity index (χ1n) is 10.3. The Bertz CT molecular complexity index is 943. The van der Waals surface area contributed by atoms with Crippen LogP contribution in [0, 0.1) is 5.92 Å². The zero-order valence-corrected chi connectivity index (χ0v) is 17.9. The molecule has 2 atom stereocenters. The fourth-order valence-corrected chi connectivity index (χ4v) is 3.71. The van der Waals surface area contributed by atoms with Gasteiger partial charge in [-0.1, -0.05) is 31.5 Å². The van der Waals surface area contributed by atoms with E-state index in [0.29, 0.717) is 23.9 Å². The van der Waals surface area contributed by atoms with E-state index < -0.39 is 6.17 Å². The van der Waals surface area contributed by atoms with Crippen LogP contribution in [0.15, 0.2) is 30.6 Å². The number of rotatable bonds is 6. The quantitative estimate of drug-likeness (QED) is 0.658. The van der Waals surface area contributed by atoms with Crippen molar-refractivity contribution in [2.75, 3.05) is 0 Å². The smallest absolute Gasteiger partial charge is 0.223 e. The number of aromatic nitrogens is 2. The van der Waals surface area contributed by atoms with Gasteiger partial charge in [-0.2, -0.15) is 0 Å². The summed E-state index contributed by atoms with van der Waals surface area (Å²) in [5, 5.41) is 9.86. The zero-order valence-electron chi connectivity index (χ0n) is 17.1. The van der Waals surface area contributed by atoms with Crippen molar-refractivity contribution in [2.24, 2.45) is 5.92 Å². The first-order chi connectivity index (χ1) is 14.4. The molecule has 0 bridgehead atoms. The molecule has 1 aromatic carbocycles. The van der Waals surface area contributed by atoms with Crippen LogP contribution in [0.5, 0.6) is 0 Å². The van der Waals surface area contributed by atoms with Gasteiger partial charge in [0.25, 0.3) is 0 Å². The van der Waals surface area contributed by atoms with Crippen LogP contribution in [-0.4, -0.2) is 21.8 Å². The largest absolute Gasteiger partial charge is 0.352 e. The zero-order chi connectivity index (χ0) is 21.3. The molecule has 1 aliphatic heterocycles. The normalized spacial score (nSPS) is 21.4. The summed E-state index contributed by atoms with van der Waals surface area (Å²) < 4.78 is 0. The summed E-state index contributed by atoms with van der Waals surface area (Å²) in [6, 6.07) is 5.38. The van der Waals surface area contributed by atoms with Crippen LogP contribution in [0.25, 0.3) is 0 Å². The number of nitrogens with one attached hydrogen (secondary N) is 3. The van der Waals surface area contributed by atoms with Gasteiger partial charge in [0.05, 0.1) is 0 Å². The second-order valence-electron chi connectivity index (χ2n) is 8.30. The van der Waals surface area contributed by atoms with E-state index in [1.54, 1.807) is 6.07 Å². The highest BCUT2D eigenvalue weighted by Crippen LogP contribution is 2.38. The number of benzene rings is 1. The number of hydrogen-bond acceptors (Lipinski definition) is 5. The van der Waals surface area contributed by atoms with Gasteiger partial charge >= 0.3 is 0 Å². The van der Waals surface area contributed by atoms with Crippen molar-refractivity contribution in [3.63, 3.8) is 0 Å². The summed E-state index contributed by atoms with van der Waals surface area (Å²) in [5.74, 6) is 1.22. The molecule has 2 unspecified atom stereocenters. The van der Waals surface area contributed by atoms with E-state index in [4.69, 9.17) is 11.6 Å². The van der Waals surface area contributed by atoms with E-state index >= 15 is 0 Å². The molecule has 2 fully saturated rings. The number of carbonyl (C=O) groups is 2. The fraction of sp³-hybridized carbons (Fsp3) is 0.455. The highest BCUT2D eigenvalue weighted by Gasteiger charge is 2.31. The number of amides is 2. The van der Waals surface area contributed by atoms with Crippen LogP contribution in [0.2, 0.25) is 5.02 Å². The minimum absolute atomic E-state index is 0.00898. The van der Waals surface area contributed by atoms with Crippen molar-refractivity contribution in [3.05, 3.63) is 58.1 Å². The summed E-state index contributed by atoms with van der Waals surface area (Å²) in [6.45, 7) is 4.11. The highest BCUT2D eigenvalue weighted by atomic mass is 35.5. The van der Waals surface area contributed by atoms with Crippen LogP contribution in [-0.2, 0) is 16.1 Å². The lowest BCUT2D eigenvalue weighted by Gasteiger charge is -2.32. The molecule has 2 aliphatic rings. The minimum Gasteiger partial charge on any atom is -0.352 e. The lowest BCUT2D eigenvalue weighted by atomic mass is 10.00. The summed E-state index contributed by atoms with van der Waals surface area (Å²) in [5.41, 5.74) is 2.57. The Morgan fingerprint density at radius 1 is 1.27 bits per heavy atom. The molecule has 1 aromatic heterocycles. The van der Waals surface area contributed by atoms with Gasteiger partial charge in [-0.25, -0.2) is 9.97 Å². The topological polar surface area (TPSA) is 96.0 Å².